The Hall–Kier alpha value is -0.620. The van der Waals surface area contributed by atoms with Crippen LogP contribution in [0.25, 0.3) is 0 Å². The number of hydrogen-bond acceptors (Lipinski definition) is 4. The zero-order chi connectivity index (χ0) is 13.6. The Morgan fingerprint density at radius 2 is 1.89 bits per heavy atom. The third-order valence-electron chi connectivity index (χ3n) is 3.30. The highest BCUT2D eigenvalue weighted by molar-refractivity contribution is 7.79. The van der Waals surface area contributed by atoms with Crippen LogP contribution in [0.1, 0.15) is 33.6 Å². The number of amides is 1. The molecule has 2 rings (SSSR count). The van der Waals surface area contributed by atoms with Gasteiger partial charge in [-0.1, -0.05) is 0 Å². The van der Waals surface area contributed by atoms with Crippen LogP contribution in [0.15, 0.2) is 0 Å². The maximum absolute atomic E-state index is 11.8. The van der Waals surface area contributed by atoms with Crippen molar-refractivity contribution in [1.29, 1.82) is 0 Å². The number of likely N-dealkylation sites (tertiary alicyclic amines) is 1. The molecule has 0 aromatic heterocycles. The van der Waals surface area contributed by atoms with Gasteiger partial charge in [-0.15, -0.1) is 0 Å². The van der Waals surface area contributed by atoms with E-state index in [-0.39, 0.29) is 17.6 Å². The van der Waals surface area contributed by atoms with Crippen molar-refractivity contribution >= 4 is 17.2 Å². The van der Waals surface area contributed by atoms with Crippen LogP contribution in [0, 0.1) is 5.41 Å². The van der Waals surface area contributed by atoms with E-state index in [2.05, 4.69) is 0 Å². The van der Waals surface area contributed by atoms with Gasteiger partial charge in [-0.25, -0.2) is 9.00 Å². The average Bonchev–Trinajstić information content (AvgIpc) is 2.02. The second kappa shape index (κ2) is 4.49. The van der Waals surface area contributed by atoms with E-state index >= 15 is 0 Å². The number of carbonyl (C=O) groups is 1. The summed E-state index contributed by atoms with van der Waals surface area (Å²) in [6.07, 6.45) is 3.18. The number of ether oxygens (including phenoxy) is 1. The molecule has 5 nitrogen and oxygen atoms in total. The van der Waals surface area contributed by atoms with Crippen LogP contribution in [-0.4, -0.2) is 46.3 Å². The van der Waals surface area contributed by atoms with Crippen molar-refractivity contribution in [1.82, 2.24) is 4.90 Å². The van der Waals surface area contributed by atoms with Gasteiger partial charge in [0.25, 0.3) is 0 Å². The van der Waals surface area contributed by atoms with Gasteiger partial charge in [-0.2, -0.15) is 0 Å². The van der Waals surface area contributed by atoms with Gasteiger partial charge in [-0.3, -0.25) is 4.18 Å². The van der Waals surface area contributed by atoms with Crippen molar-refractivity contribution in [3.63, 3.8) is 0 Å². The van der Waals surface area contributed by atoms with Crippen LogP contribution in [0.3, 0.4) is 0 Å². The molecule has 0 radical (unpaired) electrons. The second-order valence-electron chi connectivity index (χ2n) is 6.36. The molecule has 2 fully saturated rings. The fraction of sp³-hybridized carbons (Fsp3) is 0.917. The van der Waals surface area contributed by atoms with Crippen molar-refractivity contribution < 1.29 is 17.9 Å². The fourth-order valence-corrected chi connectivity index (χ4v) is 3.16. The first-order chi connectivity index (χ1) is 8.19. The van der Waals surface area contributed by atoms with Crippen LogP contribution in [0.2, 0.25) is 0 Å². The molecule has 6 heteroatoms. The van der Waals surface area contributed by atoms with Gasteiger partial charge in [0.05, 0.1) is 6.10 Å². The van der Waals surface area contributed by atoms with Crippen molar-refractivity contribution in [2.75, 3.05) is 19.3 Å². The lowest BCUT2D eigenvalue weighted by Crippen LogP contribution is -2.65. The topological polar surface area (TPSA) is 55.8 Å². The first-order valence-electron chi connectivity index (χ1n) is 6.18. The maximum Gasteiger partial charge on any atom is 0.410 e. The van der Waals surface area contributed by atoms with E-state index in [1.54, 1.807) is 11.2 Å². The molecule has 1 heterocycles. The Labute approximate surface area is 110 Å². The van der Waals surface area contributed by atoms with Gasteiger partial charge in [0.2, 0.25) is 0 Å². The van der Waals surface area contributed by atoms with Crippen LogP contribution in [-0.2, 0) is 20.0 Å². The predicted octanol–water partition coefficient (Wildman–Crippen LogP) is 1.70. The van der Waals surface area contributed by atoms with Gasteiger partial charge in [-0.05, 0) is 33.6 Å². The molecular weight excluding hydrogens is 254 g/mol. The molecule has 0 aromatic carbocycles. The van der Waals surface area contributed by atoms with Crippen molar-refractivity contribution in [2.24, 2.45) is 5.41 Å². The summed E-state index contributed by atoms with van der Waals surface area (Å²) in [6.45, 7) is 7.06. The van der Waals surface area contributed by atoms with E-state index in [0.717, 1.165) is 25.9 Å². The number of rotatable bonds is 2. The molecule has 0 aromatic rings. The molecule has 1 saturated heterocycles. The summed E-state index contributed by atoms with van der Waals surface area (Å²) in [5.74, 6) is 0. The normalized spacial score (nSPS) is 24.3. The van der Waals surface area contributed by atoms with Gasteiger partial charge in [0, 0.05) is 24.8 Å². The zero-order valence-electron chi connectivity index (χ0n) is 11.4. The highest BCUT2D eigenvalue weighted by Crippen LogP contribution is 2.50. The average molecular weight is 275 g/mol. The van der Waals surface area contributed by atoms with E-state index in [1.165, 1.54) is 0 Å². The minimum Gasteiger partial charge on any atom is -0.444 e. The lowest BCUT2D eigenvalue weighted by molar-refractivity contribution is -0.113. The van der Waals surface area contributed by atoms with E-state index in [1.807, 2.05) is 20.8 Å². The van der Waals surface area contributed by atoms with Crippen LogP contribution in [0.5, 0.6) is 0 Å². The molecule has 1 unspecified atom stereocenters. The van der Waals surface area contributed by atoms with Crippen LogP contribution < -0.4 is 0 Å². The smallest absolute Gasteiger partial charge is 0.410 e. The summed E-state index contributed by atoms with van der Waals surface area (Å²) in [5, 5.41) is 0. The number of nitrogens with zero attached hydrogens (tertiary/aromatic N) is 1. The molecule has 1 atom stereocenters. The lowest BCUT2D eigenvalue weighted by Gasteiger charge is -2.57. The Balaban J connectivity index is 1.72. The molecule has 1 aliphatic heterocycles. The summed E-state index contributed by atoms with van der Waals surface area (Å²) in [7, 11) is 0. The molecule has 1 aliphatic carbocycles. The molecule has 0 bridgehead atoms. The molecule has 18 heavy (non-hydrogen) atoms. The minimum atomic E-state index is -1.19. The highest BCUT2D eigenvalue weighted by Gasteiger charge is 2.55. The number of hydrogen-bond donors (Lipinski definition) is 0. The summed E-state index contributed by atoms with van der Waals surface area (Å²) in [5.41, 5.74) is -0.245. The largest absolute Gasteiger partial charge is 0.444 e. The van der Waals surface area contributed by atoms with Crippen molar-refractivity contribution in [3.05, 3.63) is 0 Å². The van der Waals surface area contributed by atoms with Crippen LogP contribution >= 0.6 is 0 Å². The standard InChI is InChI=1S/C12H21NO4S/c1-11(2,3)16-10(14)13-7-12(8-13)5-9(6-12)17-18(4)15/h9H,5-8H2,1-4H3. The summed E-state index contributed by atoms with van der Waals surface area (Å²) < 4.78 is 21.4. The third kappa shape index (κ3) is 3.03. The predicted molar refractivity (Wildman–Crippen MR) is 68.4 cm³/mol. The molecule has 1 spiro atoms. The van der Waals surface area contributed by atoms with E-state index in [9.17, 15) is 9.00 Å². The highest BCUT2D eigenvalue weighted by atomic mass is 32.2. The quantitative estimate of drug-likeness (QED) is 0.769. The van der Waals surface area contributed by atoms with Gasteiger partial charge in [0.1, 0.15) is 5.60 Å². The Kier molecular flexibility index (Phi) is 3.44. The zero-order valence-corrected chi connectivity index (χ0v) is 12.2. The number of carbonyl (C=O) groups excluding carboxylic acids is 1. The third-order valence-corrected chi connectivity index (χ3v) is 3.84. The summed E-state index contributed by atoms with van der Waals surface area (Å²) in [4.78, 5) is 13.5. The fourth-order valence-electron chi connectivity index (χ4n) is 2.64. The minimum absolute atomic E-state index is 0.0941. The molecule has 1 amide bonds. The Morgan fingerprint density at radius 1 is 1.33 bits per heavy atom. The van der Waals surface area contributed by atoms with E-state index < -0.39 is 16.7 Å². The van der Waals surface area contributed by atoms with Crippen molar-refractivity contribution in [2.45, 2.75) is 45.3 Å². The first kappa shape index (κ1) is 13.8. The first-order valence-corrected chi connectivity index (χ1v) is 7.66. The Morgan fingerprint density at radius 3 is 2.33 bits per heavy atom. The van der Waals surface area contributed by atoms with Gasteiger partial charge >= 0.3 is 6.09 Å². The van der Waals surface area contributed by atoms with Crippen LogP contribution in [0.4, 0.5) is 4.79 Å². The molecule has 0 N–H and O–H groups in total. The van der Waals surface area contributed by atoms with E-state index in [0.29, 0.717) is 0 Å². The molecule has 104 valence electrons. The lowest BCUT2D eigenvalue weighted by atomic mass is 9.62. The monoisotopic (exact) mass is 275 g/mol. The molecular formula is C12H21NO4S. The molecule has 2 aliphatic rings. The van der Waals surface area contributed by atoms with Crippen molar-refractivity contribution in [3.8, 4) is 0 Å². The van der Waals surface area contributed by atoms with Gasteiger partial charge in [0.15, 0.2) is 11.1 Å². The molecule has 1 saturated carbocycles. The summed E-state index contributed by atoms with van der Waals surface area (Å²) in [6, 6.07) is 0. The van der Waals surface area contributed by atoms with Gasteiger partial charge < -0.3 is 9.64 Å². The second-order valence-corrected chi connectivity index (χ2v) is 7.36. The summed E-state index contributed by atoms with van der Waals surface area (Å²) >= 11 is -1.19. The van der Waals surface area contributed by atoms with E-state index in [4.69, 9.17) is 8.92 Å². The Bertz CT molecular complexity index is 363. The maximum atomic E-state index is 11.8. The SMILES string of the molecule is CS(=O)OC1CC2(C1)CN(C(=O)OC(C)(C)C)C2.